The number of benzene rings is 1. The van der Waals surface area contributed by atoms with E-state index in [-0.39, 0.29) is 0 Å². The number of hydrogen-bond acceptors (Lipinski definition) is 2. The van der Waals surface area contributed by atoms with Crippen LogP contribution >= 0.6 is 0 Å². The van der Waals surface area contributed by atoms with Crippen LogP contribution in [0, 0.1) is 0 Å². The highest BCUT2D eigenvalue weighted by Gasteiger charge is 2.17. The van der Waals surface area contributed by atoms with E-state index in [0.717, 1.165) is 12.3 Å². The summed E-state index contributed by atoms with van der Waals surface area (Å²) in [6.07, 6.45) is 8.01. The molecule has 0 spiro atoms. The van der Waals surface area contributed by atoms with E-state index in [2.05, 4.69) is 23.5 Å². The van der Waals surface area contributed by atoms with Gasteiger partial charge in [0, 0.05) is 12.2 Å². The maximum Gasteiger partial charge on any atom is 0.120 e. The van der Waals surface area contributed by atoms with Crippen LogP contribution in [0.5, 0.6) is 5.75 Å². The SMILES string of the molecule is c1cc2c(cc1OC1CCCC1)CCCN2. The van der Waals surface area contributed by atoms with Gasteiger partial charge in [0.1, 0.15) is 5.75 Å². The summed E-state index contributed by atoms with van der Waals surface area (Å²) in [7, 11) is 0. The topological polar surface area (TPSA) is 21.3 Å². The van der Waals surface area contributed by atoms with E-state index in [1.165, 1.54) is 49.8 Å². The number of rotatable bonds is 2. The zero-order chi connectivity index (χ0) is 10.8. The quantitative estimate of drug-likeness (QED) is 0.820. The first-order valence-corrected chi connectivity index (χ1v) is 6.45. The highest BCUT2D eigenvalue weighted by atomic mass is 16.5. The maximum atomic E-state index is 6.01. The summed E-state index contributed by atoms with van der Waals surface area (Å²) in [5, 5.41) is 3.43. The Morgan fingerprint density at radius 2 is 2.00 bits per heavy atom. The predicted octanol–water partition coefficient (Wildman–Crippen LogP) is 3.37. The lowest BCUT2D eigenvalue weighted by atomic mass is 10.0. The molecule has 1 aliphatic carbocycles. The fraction of sp³-hybridized carbons (Fsp3) is 0.571. The van der Waals surface area contributed by atoms with E-state index in [1.54, 1.807) is 0 Å². The molecule has 1 heterocycles. The Morgan fingerprint density at radius 1 is 1.12 bits per heavy atom. The zero-order valence-electron chi connectivity index (χ0n) is 9.67. The molecular formula is C14H19NO. The molecule has 0 amide bonds. The highest BCUT2D eigenvalue weighted by Crippen LogP contribution is 2.29. The molecule has 3 rings (SSSR count). The molecule has 0 atom stereocenters. The van der Waals surface area contributed by atoms with Gasteiger partial charge in [-0.1, -0.05) is 0 Å². The monoisotopic (exact) mass is 217 g/mol. The average molecular weight is 217 g/mol. The Balaban J connectivity index is 1.74. The van der Waals surface area contributed by atoms with Gasteiger partial charge in [-0.2, -0.15) is 0 Å². The van der Waals surface area contributed by atoms with Crippen molar-refractivity contribution in [2.45, 2.75) is 44.6 Å². The average Bonchev–Trinajstić information content (AvgIpc) is 2.82. The van der Waals surface area contributed by atoms with Gasteiger partial charge in [0.15, 0.2) is 0 Å². The Hall–Kier alpha value is -1.18. The second-order valence-electron chi connectivity index (χ2n) is 4.87. The van der Waals surface area contributed by atoms with E-state index in [0.29, 0.717) is 6.10 Å². The second kappa shape index (κ2) is 4.36. The minimum absolute atomic E-state index is 0.467. The van der Waals surface area contributed by atoms with Gasteiger partial charge in [-0.05, 0) is 62.3 Å². The third-order valence-corrected chi connectivity index (χ3v) is 3.62. The molecule has 16 heavy (non-hydrogen) atoms. The van der Waals surface area contributed by atoms with Crippen molar-refractivity contribution in [1.82, 2.24) is 0 Å². The molecule has 1 aliphatic heterocycles. The van der Waals surface area contributed by atoms with Gasteiger partial charge in [0.25, 0.3) is 0 Å². The Labute approximate surface area is 97.0 Å². The van der Waals surface area contributed by atoms with E-state index in [1.807, 2.05) is 0 Å². The second-order valence-corrected chi connectivity index (χ2v) is 4.87. The van der Waals surface area contributed by atoms with E-state index in [9.17, 15) is 0 Å². The summed E-state index contributed by atoms with van der Waals surface area (Å²) in [6.45, 7) is 1.11. The predicted molar refractivity (Wildman–Crippen MR) is 66.1 cm³/mol. The van der Waals surface area contributed by atoms with Crippen molar-refractivity contribution in [2.24, 2.45) is 0 Å². The summed E-state index contributed by atoms with van der Waals surface area (Å²) in [5.41, 5.74) is 2.71. The lowest BCUT2D eigenvalue weighted by molar-refractivity contribution is 0.210. The third kappa shape index (κ3) is 2.01. The van der Waals surface area contributed by atoms with Crippen LogP contribution < -0.4 is 10.1 Å². The van der Waals surface area contributed by atoms with Crippen LogP contribution in [0.4, 0.5) is 5.69 Å². The van der Waals surface area contributed by atoms with Crippen LogP contribution in [-0.4, -0.2) is 12.6 Å². The molecule has 1 N–H and O–H groups in total. The molecule has 0 radical (unpaired) electrons. The van der Waals surface area contributed by atoms with Crippen molar-refractivity contribution in [3.63, 3.8) is 0 Å². The first-order valence-electron chi connectivity index (χ1n) is 6.45. The molecule has 0 aromatic heterocycles. The molecule has 0 unspecified atom stereocenters. The summed E-state index contributed by atoms with van der Waals surface area (Å²) >= 11 is 0. The summed E-state index contributed by atoms with van der Waals surface area (Å²) in [4.78, 5) is 0. The summed E-state index contributed by atoms with van der Waals surface area (Å²) < 4.78 is 6.01. The van der Waals surface area contributed by atoms with Gasteiger partial charge in [-0.3, -0.25) is 0 Å². The summed E-state index contributed by atoms with van der Waals surface area (Å²) in [5.74, 6) is 1.06. The molecule has 2 nitrogen and oxygen atoms in total. The van der Waals surface area contributed by atoms with Gasteiger partial charge < -0.3 is 10.1 Å². The summed E-state index contributed by atoms with van der Waals surface area (Å²) in [6, 6.07) is 6.49. The van der Waals surface area contributed by atoms with Crippen LogP contribution in [-0.2, 0) is 6.42 Å². The van der Waals surface area contributed by atoms with Crippen molar-refractivity contribution >= 4 is 5.69 Å². The number of anilines is 1. The Kier molecular flexibility index (Phi) is 2.73. The van der Waals surface area contributed by atoms with Crippen LogP contribution in [0.25, 0.3) is 0 Å². The lowest BCUT2D eigenvalue weighted by Gasteiger charge is -2.20. The van der Waals surface area contributed by atoms with Crippen molar-refractivity contribution in [1.29, 1.82) is 0 Å². The van der Waals surface area contributed by atoms with Crippen LogP contribution in [0.15, 0.2) is 18.2 Å². The van der Waals surface area contributed by atoms with Gasteiger partial charge >= 0.3 is 0 Å². The van der Waals surface area contributed by atoms with Gasteiger partial charge in [-0.15, -0.1) is 0 Å². The van der Waals surface area contributed by atoms with E-state index >= 15 is 0 Å². The molecule has 1 aromatic carbocycles. The molecule has 2 heteroatoms. The standard InChI is InChI=1S/C14H19NO/c1-2-6-12(5-1)16-13-7-8-14-11(10-13)4-3-9-15-14/h7-8,10,12,15H,1-6,9H2. The fourth-order valence-corrected chi connectivity index (χ4v) is 2.72. The molecule has 86 valence electrons. The Morgan fingerprint density at radius 3 is 2.88 bits per heavy atom. The zero-order valence-corrected chi connectivity index (χ0v) is 9.67. The van der Waals surface area contributed by atoms with Crippen LogP contribution in [0.2, 0.25) is 0 Å². The Bertz CT molecular complexity index is 369. The number of hydrogen-bond donors (Lipinski definition) is 1. The van der Waals surface area contributed by atoms with Crippen molar-refractivity contribution in [3.05, 3.63) is 23.8 Å². The molecule has 2 aliphatic rings. The maximum absolute atomic E-state index is 6.01. The van der Waals surface area contributed by atoms with Crippen molar-refractivity contribution < 1.29 is 4.74 Å². The smallest absolute Gasteiger partial charge is 0.120 e. The van der Waals surface area contributed by atoms with Crippen molar-refractivity contribution in [3.8, 4) is 5.75 Å². The molecule has 1 aromatic rings. The minimum atomic E-state index is 0.467. The van der Waals surface area contributed by atoms with Gasteiger partial charge in [0.05, 0.1) is 6.10 Å². The van der Waals surface area contributed by atoms with Gasteiger partial charge in [0.2, 0.25) is 0 Å². The van der Waals surface area contributed by atoms with Crippen molar-refractivity contribution in [2.75, 3.05) is 11.9 Å². The number of nitrogens with one attached hydrogen (secondary N) is 1. The lowest BCUT2D eigenvalue weighted by Crippen LogP contribution is -2.14. The number of aryl methyl sites for hydroxylation is 1. The molecular weight excluding hydrogens is 198 g/mol. The molecule has 0 saturated heterocycles. The third-order valence-electron chi connectivity index (χ3n) is 3.62. The largest absolute Gasteiger partial charge is 0.490 e. The number of ether oxygens (including phenoxy) is 1. The molecule has 1 fully saturated rings. The van der Waals surface area contributed by atoms with Gasteiger partial charge in [-0.25, -0.2) is 0 Å². The minimum Gasteiger partial charge on any atom is -0.490 e. The van der Waals surface area contributed by atoms with E-state index in [4.69, 9.17) is 4.74 Å². The molecule has 0 bridgehead atoms. The first kappa shape index (κ1) is 10.0. The first-order chi connectivity index (χ1) is 7.92. The number of fused-ring (bicyclic) bond motifs is 1. The normalized spacial score (nSPS) is 20.2. The molecule has 1 saturated carbocycles. The van der Waals surface area contributed by atoms with Crippen LogP contribution in [0.3, 0.4) is 0 Å². The van der Waals surface area contributed by atoms with Crippen LogP contribution in [0.1, 0.15) is 37.7 Å². The highest BCUT2D eigenvalue weighted by molar-refractivity contribution is 5.55. The fourth-order valence-electron chi connectivity index (χ4n) is 2.72. The van der Waals surface area contributed by atoms with E-state index < -0.39 is 0 Å².